The Kier molecular flexibility index (Phi) is 9.19. The van der Waals surface area contributed by atoms with Gasteiger partial charge >= 0.3 is 0 Å². The van der Waals surface area contributed by atoms with Gasteiger partial charge in [0.05, 0.1) is 28.7 Å². The van der Waals surface area contributed by atoms with E-state index in [2.05, 4.69) is 44.6 Å². The van der Waals surface area contributed by atoms with Crippen molar-refractivity contribution in [2.75, 3.05) is 50.4 Å². The number of imidazole rings is 1. The number of ether oxygens (including phenoxy) is 2. The summed E-state index contributed by atoms with van der Waals surface area (Å²) < 4.78 is 43.8. The molecule has 0 saturated carbocycles. The van der Waals surface area contributed by atoms with Gasteiger partial charge in [-0.3, -0.25) is 9.20 Å². The lowest BCUT2D eigenvalue weighted by Gasteiger charge is -2.32. The number of para-hydroxylation sites is 1. The van der Waals surface area contributed by atoms with Crippen LogP contribution in [0.4, 0.5) is 26.1 Å². The summed E-state index contributed by atoms with van der Waals surface area (Å²) in [6, 6.07) is 22.0. The van der Waals surface area contributed by atoms with Crippen molar-refractivity contribution in [1.82, 2.24) is 29.2 Å². The van der Waals surface area contributed by atoms with Crippen molar-refractivity contribution < 1.29 is 23.0 Å². The Balaban J connectivity index is 1.21. The molecule has 8 rings (SSSR count). The van der Waals surface area contributed by atoms with Crippen molar-refractivity contribution in [3.05, 3.63) is 108 Å². The third-order valence-electron chi connectivity index (χ3n) is 9.39. The zero-order valence-electron chi connectivity index (χ0n) is 29.6. The maximum absolute atomic E-state index is 14.6. The van der Waals surface area contributed by atoms with Crippen LogP contribution >= 0.6 is 0 Å². The number of nitrogens with zero attached hydrogens (tertiary/aromatic N) is 6. The van der Waals surface area contributed by atoms with E-state index in [1.807, 2.05) is 42.5 Å². The minimum atomic E-state index is -0.894. The number of carbonyl (C=O) groups is 1. The lowest BCUT2D eigenvalue weighted by atomic mass is 10.0. The van der Waals surface area contributed by atoms with Gasteiger partial charge in [-0.25, -0.2) is 23.7 Å². The Morgan fingerprint density at radius 2 is 1.75 bits per heavy atom. The predicted octanol–water partition coefficient (Wildman–Crippen LogP) is 7.42. The Morgan fingerprint density at radius 3 is 2.55 bits per heavy atom. The fourth-order valence-corrected chi connectivity index (χ4v) is 6.64. The number of rotatable bonds is 8. The van der Waals surface area contributed by atoms with Crippen LogP contribution in [0.15, 0.2) is 85.1 Å². The molecular formula is C40H38F2N8O3. The van der Waals surface area contributed by atoms with Crippen molar-refractivity contribution >= 4 is 28.9 Å². The first kappa shape index (κ1) is 34.2. The van der Waals surface area contributed by atoms with Crippen molar-refractivity contribution in [2.24, 2.45) is 0 Å². The van der Waals surface area contributed by atoms with Gasteiger partial charge in [0.2, 0.25) is 11.8 Å². The first-order chi connectivity index (χ1) is 25.7. The van der Waals surface area contributed by atoms with Crippen LogP contribution in [-0.2, 0) is 6.42 Å². The summed E-state index contributed by atoms with van der Waals surface area (Å²) in [4.78, 5) is 33.0. The van der Waals surface area contributed by atoms with E-state index >= 15 is 0 Å². The fourth-order valence-electron chi connectivity index (χ4n) is 6.64. The molecule has 0 unspecified atom stereocenters. The van der Waals surface area contributed by atoms with Crippen LogP contribution in [0.25, 0.3) is 28.3 Å². The minimum Gasteiger partial charge on any atom is -0.490 e. The summed E-state index contributed by atoms with van der Waals surface area (Å²) in [5, 5.41) is 5.74. The van der Waals surface area contributed by atoms with Crippen LogP contribution in [0.2, 0.25) is 0 Å². The first-order valence-electron chi connectivity index (χ1n) is 17.6. The molecule has 11 nitrogen and oxygen atoms in total. The number of anilines is 3. The summed E-state index contributed by atoms with van der Waals surface area (Å²) in [5.41, 5.74) is 4.14. The molecule has 2 bridgehead atoms. The normalized spacial score (nSPS) is 14.4. The molecule has 2 aliphatic heterocycles. The quantitative estimate of drug-likeness (QED) is 0.166. The molecule has 2 aliphatic rings. The molecular weight excluding hydrogens is 678 g/mol. The Bertz CT molecular complexity index is 2320. The number of nitrogens with one attached hydrogen (secondary N) is 2. The molecule has 1 fully saturated rings. The molecule has 5 heterocycles. The van der Waals surface area contributed by atoms with E-state index in [9.17, 15) is 13.6 Å². The van der Waals surface area contributed by atoms with Crippen LogP contribution in [0.5, 0.6) is 17.4 Å². The van der Waals surface area contributed by atoms with E-state index in [1.54, 1.807) is 30.5 Å². The maximum Gasteiger partial charge on any atom is 0.259 e. The molecule has 0 atom stereocenters. The van der Waals surface area contributed by atoms with E-state index in [1.165, 1.54) is 6.07 Å². The number of fused-ring (bicyclic) bond motifs is 4. The number of carbonyl (C=O) groups excluding carboxylic acids is 1. The van der Waals surface area contributed by atoms with E-state index in [4.69, 9.17) is 19.4 Å². The number of hydrogen-bond acceptors (Lipinski definition) is 9. The molecule has 13 heteroatoms. The summed E-state index contributed by atoms with van der Waals surface area (Å²) in [6.45, 7) is 8.82. The van der Waals surface area contributed by atoms with Crippen LogP contribution < -0.4 is 20.1 Å². The monoisotopic (exact) mass is 716 g/mol. The Morgan fingerprint density at radius 1 is 0.962 bits per heavy atom. The van der Waals surface area contributed by atoms with Gasteiger partial charge in [-0.15, -0.1) is 0 Å². The van der Waals surface area contributed by atoms with Crippen LogP contribution in [0.3, 0.4) is 0 Å². The van der Waals surface area contributed by atoms with E-state index < -0.39 is 23.2 Å². The zero-order chi connectivity index (χ0) is 36.6. The topological polar surface area (TPSA) is 109 Å². The predicted molar refractivity (Wildman–Crippen MR) is 199 cm³/mol. The third kappa shape index (κ3) is 7.00. The molecule has 53 heavy (non-hydrogen) atoms. The molecule has 3 aromatic carbocycles. The average Bonchev–Trinajstić information content (AvgIpc) is 3.54. The van der Waals surface area contributed by atoms with Crippen molar-refractivity contribution in [2.45, 2.75) is 26.4 Å². The fraction of sp³-hybridized carbons (Fsp3) is 0.250. The van der Waals surface area contributed by atoms with Gasteiger partial charge in [-0.2, -0.15) is 0 Å². The third-order valence-corrected chi connectivity index (χ3v) is 9.39. The maximum atomic E-state index is 14.6. The van der Waals surface area contributed by atoms with Gasteiger partial charge in [0.1, 0.15) is 34.4 Å². The Hall–Kier alpha value is -5.92. The highest BCUT2D eigenvalue weighted by Gasteiger charge is 2.25. The second-order valence-electron chi connectivity index (χ2n) is 13.5. The van der Waals surface area contributed by atoms with Gasteiger partial charge < -0.3 is 29.9 Å². The Labute approximate surface area is 305 Å². The van der Waals surface area contributed by atoms with Crippen molar-refractivity contribution in [3.63, 3.8) is 0 Å². The number of piperazine rings is 1. The SMILES string of the molecule is CC(C)Oc1ccc(-c2nc3cccc4n3c2-c2ccnc(n2)Nc2ccc(CCN3CCN(C)CC3)cc2O4)cc1C(=O)Nc1c(F)cccc1F. The lowest BCUT2D eigenvalue weighted by Crippen LogP contribution is -2.45. The highest BCUT2D eigenvalue weighted by molar-refractivity contribution is 6.07. The van der Waals surface area contributed by atoms with Gasteiger partial charge in [-0.05, 0) is 93.5 Å². The van der Waals surface area contributed by atoms with Gasteiger partial charge in [0.25, 0.3) is 5.91 Å². The minimum absolute atomic E-state index is 0.0718. The van der Waals surface area contributed by atoms with Gasteiger partial charge in [-0.1, -0.05) is 18.2 Å². The van der Waals surface area contributed by atoms with E-state index in [0.29, 0.717) is 51.6 Å². The second kappa shape index (κ2) is 14.2. The average molecular weight is 717 g/mol. The van der Waals surface area contributed by atoms with Gasteiger partial charge in [0.15, 0.2) is 5.75 Å². The standard InChI is InChI=1S/C40H38F2N8O3/c1-24(2)52-32-13-11-26(23-27(32)39(51)47-37-28(41)6-4-7-29(37)42)36-38-31-14-16-43-40(45-31)44-30-12-10-25(15-17-49-20-18-48(3)19-21-49)22-33(30)53-35-9-5-8-34(46-36)50(35)38/h4-14,16,22-24H,15,17-21H2,1-3H3,(H,47,51)(H,43,44,45). The number of likely N-dealkylation sites (N-methyl/N-ethyl adjacent to an activating group) is 1. The molecule has 0 aliphatic carbocycles. The molecule has 3 aromatic heterocycles. The van der Waals surface area contributed by atoms with Crippen molar-refractivity contribution in [3.8, 4) is 40.0 Å². The number of halogens is 2. The summed E-state index contributed by atoms with van der Waals surface area (Å²) >= 11 is 0. The number of amides is 1. The molecule has 1 amide bonds. The molecule has 0 spiro atoms. The highest BCUT2D eigenvalue weighted by Crippen LogP contribution is 2.40. The summed E-state index contributed by atoms with van der Waals surface area (Å²) in [5.74, 6) is -0.807. The molecule has 0 radical (unpaired) electrons. The highest BCUT2D eigenvalue weighted by atomic mass is 19.1. The lowest BCUT2D eigenvalue weighted by molar-refractivity contribution is 0.102. The summed E-state index contributed by atoms with van der Waals surface area (Å²) in [7, 11) is 2.16. The number of hydrogen-bond donors (Lipinski definition) is 2. The van der Waals surface area contributed by atoms with Crippen molar-refractivity contribution in [1.29, 1.82) is 0 Å². The van der Waals surface area contributed by atoms with E-state index in [-0.39, 0.29) is 17.4 Å². The van der Waals surface area contributed by atoms with Crippen LogP contribution in [0, 0.1) is 11.6 Å². The van der Waals surface area contributed by atoms with Crippen LogP contribution in [0.1, 0.15) is 29.8 Å². The first-order valence-corrected chi connectivity index (χ1v) is 17.6. The molecule has 1 saturated heterocycles. The smallest absolute Gasteiger partial charge is 0.259 e. The molecule has 6 aromatic rings. The number of aromatic nitrogens is 4. The number of pyridine rings is 1. The largest absolute Gasteiger partial charge is 0.490 e. The van der Waals surface area contributed by atoms with E-state index in [0.717, 1.165) is 56.8 Å². The number of benzene rings is 3. The molecule has 270 valence electrons. The zero-order valence-corrected chi connectivity index (χ0v) is 29.6. The van der Waals surface area contributed by atoms with Crippen LogP contribution in [-0.4, -0.2) is 80.9 Å². The van der Waals surface area contributed by atoms with Gasteiger partial charge in [0, 0.05) is 44.5 Å². The summed E-state index contributed by atoms with van der Waals surface area (Å²) in [6.07, 6.45) is 2.26. The molecule has 2 N–H and O–H groups in total. The second-order valence-corrected chi connectivity index (χ2v) is 13.5.